The number of hydrogen-bond acceptors (Lipinski definition) is 6. The smallest absolute Gasteiger partial charge is 0.255 e. The van der Waals surface area contributed by atoms with Crippen molar-refractivity contribution in [2.24, 2.45) is 5.92 Å². The molecule has 0 bridgehead atoms. The van der Waals surface area contributed by atoms with Crippen LogP contribution in [0.1, 0.15) is 43.5 Å². The van der Waals surface area contributed by atoms with Gasteiger partial charge in [-0.2, -0.15) is 0 Å². The van der Waals surface area contributed by atoms with Gasteiger partial charge in [0.05, 0.1) is 32.8 Å². The molecular weight excluding hydrogens is 358 g/mol. The summed E-state index contributed by atoms with van der Waals surface area (Å²) >= 11 is 1.54. The molecule has 1 fully saturated rings. The van der Waals surface area contributed by atoms with Gasteiger partial charge >= 0.3 is 0 Å². The normalized spacial score (nSPS) is 13.9. The molecule has 4 rings (SSSR count). The molecule has 3 heterocycles. The third-order valence-corrected chi connectivity index (χ3v) is 5.41. The first-order valence-electron chi connectivity index (χ1n) is 9.35. The van der Waals surface area contributed by atoms with E-state index in [1.54, 1.807) is 29.2 Å². The van der Waals surface area contributed by atoms with E-state index in [2.05, 4.69) is 20.6 Å². The van der Waals surface area contributed by atoms with E-state index in [4.69, 9.17) is 4.98 Å². The maximum atomic E-state index is 12.8. The second kappa shape index (κ2) is 7.60. The predicted octanol–water partition coefficient (Wildman–Crippen LogP) is 4.10. The maximum Gasteiger partial charge on any atom is 0.255 e. The average Bonchev–Trinajstić information content (AvgIpc) is 3.31. The first kappa shape index (κ1) is 17.9. The number of nitrogens with zero attached hydrogens (tertiary/aromatic N) is 3. The summed E-state index contributed by atoms with van der Waals surface area (Å²) in [6.07, 6.45) is 7.08. The van der Waals surface area contributed by atoms with Crippen molar-refractivity contribution in [1.82, 2.24) is 20.3 Å². The van der Waals surface area contributed by atoms with Crippen LogP contribution in [-0.2, 0) is 0 Å². The molecule has 1 aliphatic rings. The number of anilines is 1. The van der Waals surface area contributed by atoms with Gasteiger partial charge in [0.2, 0.25) is 0 Å². The molecule has 0 aromatic carbocycles. The molecule has 0 atom stereocenters. The van der Waals surface area contributed by atoms with Gasteiger partial charge in [0.25, 0.3) is 5.91 Å². The Morgan fingerprint density at radius 3 is 2.85 bits per heavy atom. The number of fused-ring (bicyclic) bond motifs is 1. The van der Waals surface area contributed by atoms with Crippen LogP contribution in [0.5, 0.6) is 0 Å². The van der Waals surface area contributed by atoms with Crippen LogP contribution in [0.2, 0.25) is 0 Å². The Labute approximate surface area is 162 Å². The van der Waals surface area contributed by atoms with Crippen molar-refractivity contribution in [3.63, 3.8) is 0 Å². The van der Waals surface area contributed by atoms with E-state index < -0.39 is 0 Å². The molecule has 0 unspecified atom stereocenters. The van der Waals surface area contributed by atoms with Crippen molar-refractivity contribution in [2.45, 2.75) is 39.2 Å². The van der Waals surface area contributed by atoms with E-state index in [-0.39, 0.29) is 11.9 Å². The van der Waals surface area contributed by atoms with Crippen LogP contribution in [-0.4, -0.2) is 33.4 Å². The van der Waals surface area contributed by atoms with Gasteiger partial charge in [0.1, 0.15) is 5.52 Å². The first-order valence-corrected chi connectivity index (χ1v) is 10.2. The highest BCUT2D eigenvalue weighted by Gasteiger charge is 2.22. The van der Waals surface area contributed by atoms with Crippen molar-refractivity contribution in [2.75, 3.05) is 11.9 Å². The van der Waals surface area contributed by atoms with Crippen molar-refractivity contribution >= 4 is 34.0 Å². The van der Waals surface area contributed by atoms with Crippen molar-refractivity contribution in [3.8, 4) is 10.6 Å². The monoisotopic (exact) mass is 381 g/mol. The highest BCUT2D eigenvalue weighted by Crippen LogP contribution is 2.32. The quantitative estimate of drug-likeness (QED) is 0.644. The molecule has 1 aliphatic carbocycles. The number of carbonyl (C=O) groups is 1. The van der Waals surface area contributed by atoms with Crippen LogP contribution < -0.4 is 10.6 Å². The van der Waals surface area contributed by atoms with Crippen molar-refractivity contribution in [3.05, 3.63) is 35.6 Å². The Kier molecular flexibility index (Phi) is 5.03. The minimum absolute atomic E-state index is 0.0989. The summed E-state index contributed by atoms with van der Waals surface area (Å²) in [7, 11) is 0. The Hall–Kier alpha value is -2.54. The molecular formula is C20H23N5OS. The topological polar surface area (TPSA) is 79.8 Å². The predicted molar refractivity (Wildman–Crippen MR) is 109 cm³/mol. The summed E-state index contributed by atoms with van der Waals surface area (Å²) in [5.41, 5.74) is 5.39. The van der Waals surface area contributed by atoms with E-state index in [1.165, 1.54) is 12.8 Å². The minimum atomic E-state index is -0.0989. The summed E-state index contributed by atoms with van der Waals surface area (Å²) in [4.78, 5) is 27.2. The molecule has 0 aliphatic heterocycles. The van der Waals surface area contributed by atoms with E-state index in [1.807, 2.05) is 26.0 Å². The number of nitrogens with one attached hydrogen (secondary N) is 2. The number of carbonyl (C=O) groups excluding carboxylic acids is 1. The Morgan fingerprint density at radius 1 is 1.30 bits per heavy atom. The van der Waals surface area contributed by atoms with Crippen molar-refractivity contribution < 1.29 is 4.79 Å². The van der Waals surface area contributed by atoms with Crippen LogP contribution in [0.15, 0.2) is 30.0 Å². The van der Waals surface area contributed by atoms with Gasteiger partial charge < -0.3 is 10.6 Å². The maximum absolute atomic E-state index is 12.8. The summed E-state index contributed by atoms with van der Waals surface area (Å²) in [5, 5.41) is 6.44. The third kappa shape index (κ3) is 4.08. The highest BCUT2D eigenvalue weighted by atomic mass is 32.1. The van der Waals surface area contributed by atoms with E-state index in [9.17, 15) is 4.79 Å². The molecule has 1 saturated carbocycles. The fourth-order valence-corrected chi connectivity index (χ4v) is 3.64. The number of hydrogen-bond donors (Lipinski definition) is 2. The van der Waals surface area contributed by atoms with Gasteiger partial charge in [0.15, 0.2) is 0 Å². The number of aromatic nitrogens is 3. The molecule has 3 aromatic rings. The Bertz CT molecular complexity index is 950. The number of pyridine rings is 2. The lowest BCUT2D eigenvalue weighted by atomic mass is 10.1. The zero-order valence-corrected chi connectivity index (χ0v) is 16.3. The average molecular weight is 382 g/mol. The molecule has 27 heavy (non-hydrogen) atoms. The molecule has 6 nitrogen and oxygen atoms in total. The molecule has 2 N–H and O–H groups in total. The Morgan fingerprint density at radius 2 is 2.15 bits per heavy atom. The highest BCUT2D eigenvalue weighted by molar-refractivity contribution is 7.13. The lowest BCUT2D eigenvalue weighted by Gasteiger charge is -2.16. The molecule has 140 valence electrons. The van der Waals surface area contributed by atoms with Gasteiger partial charge in [0, 0.05) is 25.0 Å². The number of amides is 1. The first-order chi connectivity index (χ1) is 13.1. The molecule has 0 saturated heterocycles. The zero-order valence-electron chi connectivity index (χ0n) is 15.5. The lowest BCUT2D eigenvalue weighted by molar-refractivity contribution is 0.0953. The summed E-state index contributed by atoms with van der Waals surface area (Å²) < 4.78 is 0. The standard InChI is InChI=1S/C20H23N5OS/c1-12(2)24-18-14(20(26)22-8-7-13-3-4-13)9-23-16-6-5-15(25-19(16)18)17-10-21-11-27-17/h5-6,9-13H,3-4,7-8H2,1-2H3,(H,22,26)(H,23,24). The summed E-state index contributed by atoms with van der Waals surface area (Å²) in [6, 6.07) is 4.05. The Balaban J connectivity index is 1.71. The zero-order chi connectivity index (χ0) is 18.8. The van der Waals surface area contributed by atoms with Crippen molar-refractivity contribution in [1.29, 1.82) is 0 Å². The van der Waals surface area contributed by atoms with Crippen LogP contribution in [0.4, 0.5) is 5.69 Å². The second-order valence-electron chi connectivity index (χ2n) is 7.26. The van der Waals surface area contributed by atoms with Crippen LogP contribution in [0, 0.1) is 5.92 Å². The van der Waals surface area contributed by atoms with Gasteiger partial charge in [-0.3, -0.25) is 14.8 Å². The van der Waals surface area contributed by atoms with Crippen LogP contribution >= 0.6 is 11.3 Å². The minimum Gasteiger partial charge on any atom is -0.380 e. The van der Waals surface area contributed by atoms with E-state index >= 15 is 0 Å². The lowest BCUT2D eigenvalue weighted by Crippen LogP contribution is -2.27. The van der Waals surface area contributed by atoms with Crippen LogP contribution in [0.25, 0.3) is 21.6 Å². The molecule has 0 radical (unpaired) electrons. The summed E-state index contributed by atoms with van der Waals surface area (Å²) in [6.45, 7) is 4.80. The number of thiazole rings is 1. The van der Waals surface area contributed by atoms with Gasteiger partial charge in [-0.1, -0.05) is 12.8 Å². The SMILES string of the molecule is CC(C)Nc1c(C(=O)NCCC2CC2)cnc2ccc(-c3cncs3)nc12. The van der Waals surface area contributed by atoms with Gasteiger partial charge in [-0.15, -0.1) is 11.3 Å². The molecule has 7 heteroatoms. The summed E-state index contributed by atoms with van der Waals surface area (Å²) in [5.74, 6) is 0.690. The largest absolute Gasteiger partial charge is 0.380 e. The van der Waals surface area contributed by atoms with E-state index in [0.717, 1.165) is 34.1 Å². The molecule has 3 aromatic heterocycles. The number of rotatable bonds is 7. The van der Waals surface area contributed by atoms with Gasteiger partial charge in [-0.25, -0.2) is 4.98 Å². The van der Waals surface area contributed by atoms with Gasteiger partial charge in [-0.05, 0) is 38.3 Å². The fraction of sp³-hybridized carbons (Fsp3) is 0.400. The second-order valence-corrected chi connectivity index (χ2v) is 8.15. The third-order valence-electron chi connectivity index (χ3n) is 4.61. The van der Waals surface area contributed by atoms with E-state index in [0.29, 0.717) is 17.6 Å². The molecule has 1 amide bonds. The molecule has 0 spiro atoms. The van der Waals surface area contributed by atoms with Crippen LogP contribution in [0.3, 0.4) is 0 Å². The fourth-order valence-electron chi connectivity index (χ4n) is 3.04.